The summed E-state index contributed by atoms with van der Waals surface area (Å²) in [5.74, 6) is 5.94. The molecule has 1 aromatic rings. The summed E-state index contributed by atoms with van der Waals surface area (Å²) in [6.45, 7) is 4.00. The Balaban J connectivity index is 0.000000994. The van der Waals surface area contributed by atoms with Crippen molar-refractivity contribution in [1.29, 1.82) is 0 Å². The first-order chi connectivity index (χ1) is 14.3. The summed E-state index contributed by atoms with van der Waals surface area (Å²) < 4.78 is 0. The van der Waals surface area contributed by atoms with Gasteiger partial charge < -0.3 is 5.73 Å². The number of nitrogens with two attached hydrogens (primary N) is 1. The number of nitrogens with zero attached hydrogens (tertiary/aromatic N) is 1. The molecule has 3 saturated carbocycles. The first-order valence-electron chi connectivity index (χ1n) is 12.6. The Kier molecular flexibility index (Phi) is 7.11. The molecule has 4 aliphatic rings. The van der Waals surface area contributed by atoms with E-state index in [0.29, 0.717) is 6.04 Å². The fourth-order valence-corrected chi connectivity index (χ4v) is 7.55. The minimum atomic E-state index is 0.441. The molecule has 3 fully saturated rings. The lowest BCUT2D eigenvalue weighted by Gasteiger charge is -2.49. The molecular weight excluding hydrogens is 352 g/mol. The normalized spacial score (nSPS) is 38.0. The molecule has 2 nitrogen and oxygen atoms in total. The van der Waals surface area contributed by atoms with E-state index < -0.39 is 0 Å². The lowest BCUT2D eigenvalue weighted by molar-refractivity contribution is 0.0483. The molecule has 0 amide bonds. The largest absolute Gasteiger partial charge is 0.327 e. The van der Waals surface area contributed by atoms with E-state index in [2.05, 4.69) is 23.2 Å². The van der Waals surface area contributed by atoms with Crippen LogP contribution in [0, 0.1) is 35.5 Å². The summed E-state index contributed by atoms with van der Waals surface area (Å²) in [6.07, 6.45) is 21.8. The molecule has 2 N–H and O–H groups in total. The molecule has 0 radical (unpaired) electrons. The average Bonchev–Trinajstić information content (AvgIpc) is 3.19. The van der Waals surface area contributed by atoms with Gasteiger partial charge in [0.2, 0.25) is 0 Å². The average molecular weight is 395 g/mol. The SMILES string of the molecule is CC.NC1CCC2C(=CCC3C2CCC2C(CCCc4cccnc4)CCC23)C1. The zero-order valence-corrected chi connectivity index (χ0v) is 18.7. The van der Waals surface area contributed by atoms with Gasteiger partial charge in [-0.1, -0.05) is 31.6 Å². The third-order valence-corrected chi connectivity index (χ3v) is 8.71. The molecule has 4 aliphatic carbocycles. The first-order valence-corrected chi connectivity index (χ1v) is 12.6. The second kappa shape index (κ2) is 9.77. The fourth-order valence-electron chi connectivity index (χ4n) is 7.55. The van der Waals surface area contributed by atoms with Gasteiger partial charge in [-0.15, -0.1) is 0 Å². The maximum Gasteiger partial charge on any atom is 0.0299 e. The predicted molar refractivity (Wildman–Crippen MR) is 122 cm³/mol. The van der Waals surface area contributed by atoms with Crippen LogP contribution in [0.4, 0.5) is 0 Å². The summed E-state index contributed by atoms with van der Waals surface area (Å²) in [6, 6.07) is 4.75. The number of hydrogen-bond acceptors (Lipinski definition) is 2. The molecule has 160 valence electrons. The number of rotatable bonds is 4. The first kappa shape index (κ1) is 21.1. The van der Waals surface area contributed by atoms with Crippen LogP contribution in [0.25, 0.3) is 0 Å². The van der Waals surface area contributed by atoms with E-state index in [1.807, 2.05) is 26.2 Å². The summed E-state index contributed by atoms with van der Waals surface area (Å²) in [4.78, 5) is 4.27. The van der Waals surface area contributed by atoms with Crippen molar-refractivity contribution in [2.24, 2.45) is 41.2 Å². The van der Waals surface area contributed by atoms with Crippen molar-refractivity contribution in [2.45, 2.75) is 90.5 Å². The van der Waals surface area contributed by atoms with Crippen LogP contribution in [0.1, 0.15) is 83.6 Å². The highest BCUT2D eigenvalue weighted by Crippen LogP contribution is 2.58. The van der Waals surface area contributed by atoms with Crippen LogP contribution in [-0.4, -0.2) is 11.0 Å². The van der Waals surface area contributed by atoms with E-state index in [1.54, 1.807) is 5.57 Å². The summed E-state index contributed by atoms with van der Waals surface area (Å²) in [7, 11) is 0. The van der Waals surface area contributed by atoms with Crippen molar-refractivity contribution in [3.05, 3.63) is 41.7 Å². The topological polar surface area (TPSA) is 38.9 Å². The summed E-state index contributed by atoms with van der Waals surface area (Å²) in [5, 5.41) is 0. The molecule has 0 aromatic carbocycles. The molecule has 1 aromatic heterocycles. The quantitative estimate of drug-likeness (QED) is 0.588. The van der Waals surface area contributed by atoms with Crippen LogP contribution >= 0.6 is 0 Å². The Hall–Kier alpha value is -1.15. The Morgan fingerprint density at radius 2 is 1.79 bits per heavy atom. The Morgan fingerprint density at radius 1 is 0.966 bits per heavy atom. The van der Waals surface area contributed by atoms with Gasteiger partial charge in [-0.25, -0.2) is 0 Å². The van der Waals surface area contributed by atoms with Crippen molar-refractivity contribution in [2.75, 3.05) is 0 Å². The van der Waals surface area contributed by atoms with Gasteiger partial charge in [0, 0.05) is 18.4 Å². The predicted octanol–water partition coefficient (Wildman–Crippen LogP) is 6.56. The monoisotopic (exact) mass is 394 g/mol. The van der Waals surface area contributed by atoms with E-state index in [4.69, 9.17) is 5.73 Å². The van der Waals surface area contributed by atoms with Crippen molar-refractivity contribution in [1.82, 2.24) is 4.98 Å². The summed E-state index contributed by atoms with van der Waals surface area (Å²) >= 11 is 0. The van der Waals surface area contributed by atoms with Gasteiger partial charge >= 0.3 is 0 Å². The molecule has 7 unspecified atom stereocenters. The molecule has 1 heterocycles. The van der Waals surface area contributed by atoms with Crippen LogP contribution in [0.3, 0.4) is 0 Å². The smallest absolute Gasteiger partial charge is 0.0299 e. The maximum absolute atomic E-state index is 6.26. The molecule has 7 atom stereocenters. The second-order valence-electron chi connectivity index (χ2n) is 9.99. The van der Waals surface area contributed by atoms with Gasteiger partial charge in [-0.2, -0.15) is 0 Å². The lowest BCUT2D eigenvalue weighted by Crippen LogP contribution is -2.42. The van der Waals surface area contributed by atoms with E-state index in [1.165, 1.54) is 76.2 Å². The molecule has 29 heavy (non-hydrogen) atoms. The molecule has 0 saturated heterocycles. The van der Waals surface area contributed by atoms with E-state index in [9.17, 15) is 0 Å². The molecule has 0 aliphatic heterocycles. The number of pyridine rings is 1. The molecule has 0 spiro atoms. The van der Waals surface area contributed by atoms with Gasteiger partial charge in [0.05, 0.1) is 0 Å². The minimum absolute atomic E-state index is 0.441. The Bertz CT molecular complexity index is 666. The highest BCUT2D eigenvalue weighted by molar-refractivity contribution is 5.19. The minimum Gasteiger partial charge on any atom is -0.327 e. The number of hydrogen-bond donors (Lipinski definition) is 1. The fraction of sp³-hybridized carbons (Fsp3) is 0.741. The van der Waals surface area contributed by atoms with E-state index in [0.717, 1.165) is 35.5 Å². The molecule has 5 rings (SSSR count). The Morgan fingerprint density at radius 3 is 2.62 bits per heavy atom. The number of aryl methyl sites for hydroxylation is 1. The van der Waals surface area contributed by atoms with Gasteiger partial charge in [0.15, 0.2) is 0 Å². The van der Waals surface area contributed by atoms with Gasteiger partial charge in [-0.3, -0.25) is 4.98 Å². The van der Waals surface area contributed by atoms with Crippen molar-refractivity contribution < 1.29 is 0 Å². The van der Waals surface area contributed by atoms with E-state index in [-0.39, 0.29) is 0 Å². The second-order valence-corrected chi connectivity index (χ2v) is 9.99. The number of allylic oxidation sites excluding steroid dienone is 1. The van der Waals surface area contributed by atoms with Crippen LogP contribution in [-0.2, 0) is 6.42 Å². The Labute approximate surface area is 178 Å². The van der Waals surface area contributed by atoms with Crippen LogP contribution in [0.2, 0.25) is 0 Å². The van der Waals surface area contributed by atoms with Gasteiger partial charge in [0.25, 0.3) is 0 Å². The van der Waals surface area contributed by atoms with E-state index >= 15 is 0 Å². The van der Waals surface area contributed by atoms with Crippen LogP contribution < -0.4 is 5.73 Å². The molecule has 2 heteroatoms. The van der Waals surface area contributed by atoms with Gasteiger partial charge in [0.1, 0.15) is 0 Å². The standard InChI is InChI=1S/C25H36N2.C2H6/c26-20-8-11-22-19(15-20)7-10-25-23-9-6-18(21(23)12-13-24(22)25)5-1-3-17-4-2-14-27-16-17;1-2/h2,4,7,14,16,18,20-25H,1,3,5-6,8-13,15,26H2;1-2H3. The third kappa shape index (κ3) is 4.48. The van der Waals surface area contributed by atoms with Crippen LogP contribution in [0.15, 0.2) is 36.2 Å². The van der Waals surface area contributed by atoms with Crippen molar-refractivity contribution in [3.8, 4) is 0 Å². The number of fused-ring (bicyclic) bond motifs is 5. The lowest BCUT2D eigenvalue weighted by atomic mass is 9.56. The highest BCUT2D eigenvalue weighted by atomic mass is 14.6. The zero-order chi connectivity index (χ0) is 20.2. The zero-order valence-electron chi connectivity index (χ0n) is 18.7. The summed E-state index contributed by atoms with van der Waals surface area (Å²) in [5.41, 5.74) is 9.42. The van der Waals surface area contributed by atoms with Crippen molar-refractivity contribution in [3.63, 3.8) is 0 Å². The van der Waals surface area contributed by atoms with Crippen molar-refractivity contribution >= 4 is 0 Å². The third-order valence-electron chi connectivity index (χ3n) is 8.71. The maximum atomic E-state index is 6.26. The molecule has 0 bridgehead atoms. The van der Waals surface area contributed by atoms with Crippen LogP contribution in [0.5, 0.6) is 0 Å². The number of aromatic nitrogens is 1. The highest BCUT2D eigenvalue weighted by Gasteiger charge is 2.49. The van der Waals surface area contributed by atoms with Gasteiger partial charge in [-0.05, 0) is 118 Å². The molecular formula is C27H42N2.